The van der Waals surface area contributed by atoms with Crippen LogP contribution in [-0.4, -0.2) is 40.1 Å². The van der Waals surface area contributed by atoms with Gasteiger partial charge in [0.1, 0.15) is 5.75 Å². The minimum Gasteiger partial charge on any atom is -0.494 e. The molecule has 0 saturated heterocycles. The van der Waals surface area contributed by atoms with Gasteiger partial charge in [0.05, 0.1) is 22.9 Å². The topological polar surface area (TPSA) is 128 Å². The maximum absolute atomic E-state index is 13.4. The summed E-state index contributed by atoms with van der Waals surface area (Å²) in [5, 5.41) is 22.8. The summed E-state index contributed by atoms with van der Waals surface area (Å²) >= 11 is 2.81. The van der Waals surface area contributed by atoms with E-state index in [0.29, 0.717) is 65.4 Å². The quantitative estimate of drug-likeness (QED) is 0.129. The smallest absolute Gasteiger partial charge is 0.355 e. The number of benzene rings is 3. The van der Waals surface area contributed by atoms with Gasteiger partial charge in [-0.05, 0) is 72.4 Å². The minimum atomic E-state index is -1.06. The van der Waals surface area contributed by atoms with E-state index in [0.717, 1.165) is 26.9 Å². The number of nitrogens with zero attached hydrogens (tertiary/aromatic N) is 4. The summed E-state index contributed by atoms with van der Waals surface area (Å²) in [5.74, 6) is -0.599. The van der Waals surface area contributed by atoms with Crippen molar-refractivity contribution >= 4 is 61.1 Å². The Morgan fingerprint density at radius 2 is 1.95 bits per heavy atom. The molecule has 11 heteroatoms. The molecule has 0 fully saturated rings. The Labute approximate surface area is 261 Å². The van der Waals surface area contributed by atoms with Crippen LogP contribution >= 0.6 is 22.7 Å². The maximum Gasteiger partial charge on any atom is 0.355 e. The third kappa shape index (κ3) is 6.46. The lowest BCUT2D eigenvalue weighted by atomic mass is 9.94. The number of aromatic carboxylic acids is 1. The number of thiazole rings is 2. The van der Waals surface area contributed by atoms with Crippen molar-refractivity contribution < 1.29 is 19.4 Å². The molecule has 9 nitrogen and oxygen atoms in total. The summed E-state index contributed by atoms with van der Waals surface area (Å²) in [6.45, 7) is 1.52. The van der Waals surface area contributed by atoms with Crippen LogP contribution in [0.15, 0.2) is 72.8 Å². The average Bonchev–Trinajstić information content (AvgIpc) is 3.66. The molecule has 0 bridgehead atoms. The Morgan fingerprint density at radius 3 is 2.80 bits per heavy atom. The number of aryl methyl sites for hydroxylation is 1. The van der Waals surface area contributed by atoms with Crippen molar-refractivity contribution in [3.63, 3.8) is 0 Å². The Balaban J connectivity index is 1.13. The van der Waals surface area contributed by atoms with E-state index in [-0.39, 0.29) is 11.6 Å². The van der Waals surface area contributed by atoms with Gasteiger partial charge in [-0.3, -0.25) is 10.1 Å². The molecule has 1 amide bonds. The zero-order valence-electron chi connectivity index (χ0n) is 23.5. The van der Waals surface area contributed by atoms with Crippen LogP contribution in [-0.2, 0) is 19.4 Å². The molecule has 2 N–H and O–H groups in total. The Bertz CT molecular complexity index is 1890. The highest BCUT2D eigenvalue weighted by atomic mass is 32.1. The van der Waals surface area contributed by atoms with Crippen molar-refractivity contribution in [2.24, 2.45) is 0 Å². The van der Waals surface area contributed by atoms with Crippen molar-refractivity contribution in [3.05, 3.63) is 106 Å². The summed E-state index contributed by atoms with van der Waals surface area (Å²) in [6, 6.07) is 22.9. The minimum absolute atomic E-state index is 0.0568. The lowest BCUT2D eigenvalue weighted by Gasteiger charge is -2.29. The van der Waals surface area contributed by atoms with Crippen molar-refractivity contribution in [2.45, 2.75) is 25.8 Å². The lowest BCUT2D eigenvalue weighted by Crippen LogP contribution is -2.32. The normalized spacial score (nSPS) is 12.7. The standard InChI is InChI=1S/C33H27N5O4S2/c34-16-5-8-21-7-3-10-23(19-21)42-18-6-14-28-29(31(40)41)36-33(44-28)38-17-15-22-9-4-11-24(25(22)20-38)30(39)37-32-35-26-12-1-2-13-27(26)43-32/h1-5,7-13,19H,6,14-15,17-18,20H2,(H,40,41)(H,35,37,39). The van der Waals surface area contributed by atoms with Crippen LogP contribution in [0, 0.1) is 11.3 Å². The number of fused-ring (bicyclic) bond motifs is 2. The van der Waals surface area contributed by atoms with E-state index < -0.39 is 5.97 Å². The predicted molar refractivity (Wildman–Crippen MR) is 173 cm³/mol. The highest BCUT2D eigenvalue weighted by Crippen LogP contribution is 2.33. The summed E-state index contributed by atoms with van der Waals surface area (Å²) < 4.78 is 6.88. The van der Waals surface area contributed by atoms with E-state index in [9.17, 15) is 14.7 Å². The molecule has 0 spiro atoms. The fourth-order valence-corrected chi connectivity index (χ4v) is 7.10. The summed E-state index contributed by atoms with van der Waals surface area (Å²) in [5.41, 5.74) is 4.34. The van der Waals surface area contributed by atoms with E-state index >= 15 is 0 Å². The molecule has 0 aliphatic carbocycles. The van der Waals surface area contributed by atoms with Crippen LogP contribution in [0.4, 0.5) is 10.3 Å². The van der Waals surface area contributed by atoms with Gasteiger partial charge in [0, 0.05) is 29.6 Å². The Hall–Kier alpha value is -5.05. The average molecular weight is 622 g/mol. The number of carbonyl (C=O) groups excluding carboxylic acids is 1. The van der Waals surface area contributed by atoms with Crippen LogP contribution in [0.2, 0.25) is 0 Å². The van der Waals surface area contributed by atoms with Gasteiger partial charge in [-0.2, -0.15) is 5.26 Å². The number of carbonyl (C=O) groups is 2. The van der Waals surface area contributed by atoms with Gasteiger partial charge >= 0.3 is 5.97 Å². The number of nitriles is 1. The number of para-hydroxylation sites is 1. The van der Waals surface area contributed by atoms with Gasteiger partial charge in [0.15, 0.2) is 16.0 Å². The number of carboxylic acid groups (broad SMARTS) is 1. The zero-order valence-corrected chi connectivity index (χ0v) is 25.2. The lowest BCUT2D eigenvalue weighted by molar-refractivity contribution is 0.0690. The molecule has 220 valence electrons. The SMILES string of the molecule is N#CC=Cc1cccc(OCCCc2sc(N3CCc4cccc(C(=O)Nc5nc6ccccc6s5)c4C3)nc2C(=O)O)c1. The first kappa shape index (κ1) is 29.0. The second kappa shape index (κ2) is 13.1. The van der Waals surface area contributed by atoms with Crippen LogP contribution < -0.4 is 15.0 Å². The molecule has 1 aliphatic heterocycles. The molecule has 0 radical (unpaired) electrons. The molecular formula is C33H27N5O4S2. The molecule has 44 heavy (non-hydrogen) atoms. The van der Waals surface area contributed by atoms with Crippen LogP contribution in [0.3, 0.4) is 0 Å². The fraction of sp³-hybridized carbons (Fsp3) is 0.182. The zero-order chi connectivity index (χ0) is 30.5. The molecular weight excluding hydrogens is 595 g/mol. The van der Waals surface area contributed by atoms with Crippen LogP contribution in [0.1, 0.15) is 48.8 Å². The molecule has 3 heterocycles. The Morgan fingerprint density at radius 1 is 1.09 bits per heavy atom. The number of aromatic nitrogens is 2. The van der Waals surface area contributed by atoms with Crippen molar-refractivity contribution in [3.8, 4) is 11.8 Å². The largest absolute Gasteiger partial charge is 0.494 e. The molecule has 0 saturated carbocycles. The third-order valence-electron chi connectivity index (χ3n) is 7.22. The fourth-order valence-electron chi connectivity index (χ4n) is 5.12. The van der Waals surface area contributed by atoms with Crippen molar-refractivity contribution in [1.29, 1.82) is 5.26 Å². The van der Waals surface area contributed by atoms with E-state index in [4.69, 9.17) is 10.00 Å². The van der Waals surface area contributed by atoms with Crippen molar-refractivity contribution in [2.75, 3.05) is 23.4 Å². The van der Waals surface area contributed by atoms with E-state index in [2.05, 4.69) is 15.3 Å². The van der Waals surface area contributed by atoms with Gasteiger partial charge in [-0.15, -0.1) is 11.3 Å². The molecule has 3 aromatic carbocycles. The molecule has 0 atom stereocenters. The molecule has 0 unspecified atom stereocenters. The summed E-state index contributed by atoms with van der Waals surface area (Å²) in [7, 11) is 0. The monoisotopic (exact) mass is 621 g/mol. The predicted octanol–water partition coefficient (Wildman–Crippen LogP) is 6.81. The number of carboxylic acids is 1. The highest BCUT2D eigenvalue weighted by molar-refractivity contribution is 7.22. The van der Waals surface area contributed by atoms with Gasteiger partial charge in [0.2, 0.25) is 0 Å². The van der Waals surface area contributed by atoms with Gasteiger partial charge in [-0.25, -0.2) is 14.8 Å². The van der Waals surface area contributed by atoms with Gasteiger partial charge in [-0.1, -0.05) is 47.7 Å². The van der Waals surface area contributed by atoms with Crippen LogP contribution in [0.25, 0.3) is 16.3 Å². The number of allylic oxidation sites excluding steroid dienone is 1. The second-order valence-corrected chi connectivity index (χ2v) is 12.2. The maximum atomic E-state index is 13.4. The number of hydrogen-bond donors (Lipinski definition) is 2. The van der Waals surface area contributed by atoms with E-state index in [1.165, 1.54) is 28.7 Å². The number of amides is 1. The molecule has 2 aromatic heterocycles. The molecule has 5 aromatic rings. The van der Waals surface area contributed by atoms with E-state index in [1.807, 2.05) is 77.7 Å². The number of ether oxygens (including phenoxy) is 1. The highest BCUT2D eigenvalue weighted by Gasteiger charge is 2.26. The third-order valence-corrected chi connectivity index (χ3v) is 9.34. The Kier molecular flexibility index (Phi) is 8.63. The number of nitrogens with one attached hydrogen (secondary N) is 1. The van der Waals surface area contributed by atoms with Gasteiger partial charge in [0.25, 0.3) is 5.91 Å². The first-order chi connectivity index (χ1) is 21.5. The summed E-state index contributed by atoms with van der Waals surface area (Å²) in [6.07, 6.45) is 4.95. The second-order valence-electron chi connectivity index (χ2n) is 10.1. The van der Waals surface area contributed by atoms with Gasteiger partial charge < -0.3 is 14.7 Å². The van der Waals surface area contributed by atoms with E-state index in [1.54, 1.807) is 6.08 Å². The summed E-state index contributed by atoms with van der Waals surface area (Å²) in [4.78, 5) is 37.3. The number of rotatable bonds is 10. The number of anilines is 2. The molecule has 6 rings (SSSR count). The number of hydrogen-bond acceptors (Lipinski definition) is 9. The van der Waals surface area contributed by atoms with Crippen molar-refractivity contribution in [1.82, 2.24) is 9.97 Å². The first-order valence-electron chi connectivity index (χ1n) is 14.0. The van der Waals surface area contributed by atoms with Crippen LogP contribution in [0.5, 0.6) is 5.75 Å². The molecule has 1 aliphatic rings. The first-order valence-corrected chi connectivity index (χ1v) is 15.7.